The van der Waals surface area contributed by atoms with Crippen molar-refractivity contribution in [2.24, 2.45) is 0 Å². The Morgan fingerprint density at radius 1 is 1.57 bits per heavy atom. The van der Waals surface area contributed by atoms with E-state index in [9.17, 15) is 0 Å². The second-order valence-corrected chi connectivity index (χ2v) is 4.26. The van der Waals surface area contributed by atoms with Gasteiger partial charge in [0.25, 0.3) is 0 Å². The largest absolute Gasteiger partial charge is 0.392 e. The average molecular weight is 201 g/mol. The molecule has 0 spiro atoms. The van der Waals surface area contributed by atoms with E-state index in [1.165, 1.54) is 6.42 Å². The van der Waals surface area contributed by atoms with Crippen molar-refractivity contribution in [3.05, 3.63) is 0 Å². The van der Waals surface area contributed by atoms with Crippen molar-refractivity contribution in [2.45, 2.75) is 57.8 Å². The lowest BCUT2D eigenvalue weighted by Gasteiger charge is -2.30. The SMILES string of the molecule is CCCC1CC(NCC(C)O)CCO1. The highest BCUT2D eigenvalue weighted by Gasteiger charge is 2.21. The van der Waals surface area contributed by atoms with E-state index in [0.29, 0.717) is 18.7 Å². The second-order valence-electron chi connectivity index (χ2n) is 4.26. The normalized spacial score (nSPS) is 30.2. The summed E-state index contributed by atoms with van der Waals surface area (Å²) in [5.41, 5.74) is 0. The van der Waals surface area contributed by atoms with Crippen molar-refractivity contribution in [1.29, 1.82) is 0 Å². The first kappa shape index (κ1) is 12.0. The van der Waals surface area contributed by atoms with Gasteiger partial charge in [-0.15, -0.1) is 0 Å². The molecule has 0 aliphatic carbocycles. The summed E-state index contributed by atoms with van der Waals surface area (Å²) in [5, 5.41) is 12.5. The van der Waals surface area contributed by atoms with Gasteiger partial charge in [0.2, 0.25) is 0 Å². The molecule has 0 aromatic rings. The highest BCUT2D eigenvalue weighted by Crippen LogP contribution is 2.17. The van der Waals surface area contributed by atoms with Crippen LogP contribution in [0.25, 0.3) is 0 Å². The smallest absolute Gasteiger partial charge is 0.0636 e. The van der Waals surface area contributed by atoms with Crippen LogP contribution in [0.4, 0.5) is 0 Å². The summed E-state index contributed by atoms with van der Waals surface area (Å²) in [6.45, 7) is 5.57. The maximum Gasteiger partial charge on any atom is 0.0636 e. The highest BCUT2D eigenvalue weighted by atomic mass is 16.5. The van der Waals surface area contributed by atoms with E-state index in [0.717, 1.165) is 25.9 Å². The first-order chi connectivity index (χ1) is 6.72. The van der Waals surface area contributed by atoms with Crippen molar-refractivity contribution in [3.63, 3.8) is 0 Å². The minimum atomic E-state index is -0.248. The van der Waals surface area contributed by atoms with Crippen LogP contribution in [0.15, 0.2) is 0 Å². The number of aliphatic hydroxyl groups is 1. The quantitative estimate of drug-likeness (QED) is 0.704. The Bertz CT molecular complexity index is 148. The summed E-state index contributed by atoms with van der Waals surface area (Å²) in [5.74, 6) is 0. The first-order valence-corrected chi connectivity index (χ1v) is 5.75. The Labute approximate surface area is 86.8 Å². The number of nitrogens with one attached hydrogen (secondary N) is 1. The number of rotatable bonds is 5. The molecule has 1 aliphatic rings. The van der Waals surface area contributed by atoms with Crippen molar-refractivity contribution in [1.82, 2.24) is 5.32 Å². The van der Waals surface area contributed by atoms with E-state index in [-0.39, 0.29) is 6.10 Å². The number of hydrogen-bond acceptors (Lipinski definition) is 3. The molecule has 3 unspecified atom stereocenters. The number of hydrogen-bond donors (Lipinski definition) is 2. The molecular weight excluding hydrogens is 178 g/mol. The van der Waals surface area contributed by atoms with Crippen molar-refractivity contribution in [2.75, 3.05) is 13.2 Å². The third-order valence-electron chi connectivity index (χ3n) is 2.68. The molecular formula is C11H23NO2. The van der Waals surface area contributed by atoms with Crippen molar-refractivity contribution in [3.8, 4) is 0 Å². The Balaban J connectivity index is 2.18. The summed E-state index contributed by atoms with van der Waals surface area (Å²) >= 11 is 0. The number of aliphatic hydroxyl groups excluding tert-OH is 1. The monoisotopic (exact) mass is 201 g/mol. The van der Waals surface area contributed by atoms with Gasteiger partial charge in [0.1, 0.15) is 0 Å². The lowest BCUT2D eigenvalue weighted by Crippen LogP contribution is -2.41. The van der Waals surface area contributed by atoms with Crippen LogP contribution in [0.2, 0.25) is 0 Å². The van der Waals surface area contributed by atoms with Gasteiger partial charge in [-0.3, -0.25) is 0 Å². The molecule has 1 saturated heterocycles. The maximum atomic E-state index is 9.16. The molecule has 1 fully saturated rings. The van der Waals surface area contributed by atoms with Crippen LogP contribution < -0.4 is 5.32 Å². The third kappa shape index (κ3) is 4.40. The molecule has 3 heteroatoms. The molecule has 1 rings (SSSR count). The fourth-order valence-corrected chi connectivity index (χ4v) is 1.93. The molecule has 14 heavy (non-hydrogen) atoms. The summed E-state index contributed by atoms with van der Waals surface area (Å²) in [7, 11) is 0. The van der Waals surface area contributed by atoms with E-state index in [1.54, 1.807) is 0 Å². The van der Waals surface area contributed by atoms with Crippen molar-refractivity contribution >= 4 is 0 Å². The minimum absolute atomic E-state index is 0.248. The highest BCUT2D eigenvalue weighted by molar-refractivity contribution is 4.77. The standard InChI is InChI=1S/C11H23NO2/c1-3-4-11-7-10(5-6-14-11)12-8-9(2)13/h9-13H,3-8H2,1-2H3. The molecule has 3 atom stereocenters. The maximum absolute atomic E-state index is 9.16. The molecule has 0 radical (unpaired) electrons. The average Bonchev–Trinajstić information content (AvgIpc) is 2.16. The fraction of sp³-hybridized carbons (Fsp3) is 1.00. The van der Waals surface area contributed by atoms with Gasteiger partial charge >= 0.3 is 0 Å². The van der Waals surface area contributed by atoms with Crippen LogP contribution in [0.5, 0.6) is 0 Å². The van der Waals surface area contributed by atoms with Gasteiger partial charge in [-0.2, -0.15) is 0 Å². The fourth-order valence-electron chi connectivity index (χ4n) is 1.93. The van der Waals surface area contributed by atoms with Crippen molar-refractivity contribution < 1.29 is 9.84 Å². The summed E-state index contributed by atoms with van der Waals surface area (Å²) in [4.78, 5) is 0. The van der Waals surface area contributed by atoms with Crippen LogP contribution in [0.1, 0.15) is 39.5 Å². The zero-order valence-electron chi connectivity index (χ0n) is 9.33. The molecule has 0 aromatic heterocycles. The zero-order chi connectivity index (χ0) is 10.4. The molecule has 0 bridgehead atoms. The van der Waals surface area contributed by atoms with E-state index in [4.69, 9.17) is 9.84 Å². The Morgan fingerprint density at radius 3 is 3.00 bits per heavy atom. The van der Waals surface area contributed by atoms with Gasteiger partial charge < -0.3 is 15.2 Å². The van der Waals surface area contributed by atoms with Gasteiger partial charge in [-0.25, -0.2) is 0 Å². The van der Waals surface area contributed by atoms with Crippen LogP contribution >= 0.6 is 0 Å². The van der Waals surface area contributed by atoms with Gasteiger partial charge in [0, 0.05) is 19.2 Å². The number of ether oxygens (including phenoxy) is 1. The van der Waals surface area contributed by atoms with Gasteiger partial charge in [0.15, 0.2) is 0 Å². The Morgan fingerprint density at radius 2 is 2.36 bits per heavy atom. The summed E-state index contributed by atoms with van der Waals surface area (Å²) < 4.78 is 5.65. The van der Waals surface area contributed by atoms with Gasteiger partial charge in [-0.1, -0.05) is 13.3 Å². The van der Waals surface area contributed by atoms with Crippen LogP contribution in [0, 0.1) is 0 Å². The molecule has 84 valence electrons. The molecule has 1 aliphatic heterocycles. The van der Waals surface area contributed by atoms with E-state index < -0.39 is 0 Å². The minimum Gasteiger partial charge on any atom is -0.392 e. The van der Waals surface area contributed by atoms with E-state index >= 15 is 0 Å². The van der Waals surface area contributed by atoms with Crippen LogP contribution in [0.3, 0.4) is 0 Å². The molecule has 1 heterocycles. The van der Waals surface area contributed by atoms with E-state index in [1.807, 2.05) is 6.92 Å². The molecule has 0 amide bonds. The van der Waals surface area contributed by atoms with Gasteiger partial charge in [0.05, 0.1) is 12.2 Å². The zero-order valence-corrected chi connectivity index (χ0v) is 9.33. The lowest BCUT2D eigenvalue weighted by molar-refractivity contribution is -0.00474. The second kappa shape index (κ2) is 6.38. The molecule has 3 nitrogen and oxygen atoms in total. The van der Waals surface area contributed by atoms with Crippen LogP contribution in [-0.4, -0.2) is 36.5 Å². The summed E-state index contributed by atoms with van der Waals surface area (Å²) in [6.07, 6.45) is 4.71. The molecule has 2 N–H and O–H groups in total. The first-order valence-electron chi connectivity index (χ1n) is 5.75. The summed E-state index contributed by atoms with van der Waals surface area (Å²) in [6, 6.07) is 0.537. The molecule has 0 saturated carbocycles. The van der Waals surface area contributed by atoms with Gasteiger partial charge in [-0.05, 0) is 26.2 Å². The third-order valence-corrected chi connectivity index (χ3v) is 2.68. The Kier molecular flexibility index (Phi) is 5.45. The topological polar surface area (TPSA) is 41.5 Å². The van der Waals surface area contributed by atoms with E-state index in [2.05, 4.69) is 12.2 Å². The predicted octanol–water partition coefficient (Wildman–Crippen LogP) is 1.30. The lowest BCUT2D eigenvalue weighted by atomic mass is 10.00. The molecule has 0 aromatic carbocycles. The predicted molar refractivity (Wildman–Crippen MR) is 57.4 cm³/mol. The Hall–Kier alpha value is -0.120. The van der Waals surface area contributed by atoms with Crippen LogP contribution in [-0.2, 0) is 4.74 Å².